The van der Waals surface area contributed by atoms with E-state index in [0.29, 0.717) is 0 Å². The van der Waals surface area contributed by atoms with E-state index in [4.69, 9.17) is 59.2 Å². The summed E-state index contributed by atoms with van der Waals surface area (Å²) in [6.07, 6.45) is 0. The van der Waals surface area contributed by atoms with Crippen molar-refractivity contribution < 1.29 is 171 Å². The molecule has 0 bridgehead atoms. The van der Waals surface area contributed by atoms with Gasteiger partial charge in [0.25, 0.3) is 0 Å². The Morgan fingerprint density at radius 1 is 0.400 bits per heavy atom. The minimum absolute atomic E-state index is 0. The molecule has 10 heteroatoms. The van der Waals surface area contributed by atoms with E-state index in [9.17, 15) is 0 Å². The van der Waals surface area contributed by atoms with Crippen LogP contribution in [0, 0.1) is 59.2 Å². The second-order valence-corrected chi connectivity index (χ2v) is 0. The van der Waals surface area contributed by atoms with Crippen molar-refractivity contribution in [3.05, 3.63) is 39.0 Å². The molecule has 6 nitrogen and oxygen atoms in total. The van der Waals surface area contributed by atoms with Gasteiger partial charge in [-0.05, 0) is 0 Å². The first-order valence-corrected chi connectivity index (χ1v) is 1.12. The van der Waals surface area contributed by atoms with E-state index in [1.165, 1.54) is 0 Å². The van der Waals surface area contributed by atoms with Gasteiger partial charge in [0.15, 0.2) is 0 Å². The van der Waals surface area contributed by atoms with E-state index < -0.39 is 0 Å². The molecule has 0 aliphatic heterocycles. The molecule has 2 N–H and O–H groups in total. The molecular formula is C5H2CoK3N6. The zero-order valence-corrected chi connectivity index (χ0v) is 19.1. The first kappa shape index (κ1) is 82.4. The van der Waals surface area contributed by atoms with E-state index in [2.05, 4.69) is 0 Å². The molecule has 0 saturated carbocycles. The Labute approximate surface area is 229 Å². The fraction of sp³-hybridized carbons (Fsp3) is 0. The minimum Gasteiger partial charge on any atom is -0.693 e. The van der Waals surface area contributed by atoms with Crippen molar-refractivity contribution in [3.63, 3.8) is 0 Å². The summed E-state index contributed by atoms with van der Waals surface area (Å²) in [6, 6.07) is 0. The maximum Gasteiger partial charge on any atom is 3.00 e. The van der Waals surface area contributed by atoms with Crippen LogP contribution in [-0.4, -0.2) is 0 Å². The SMILES string of the molecule is [C-]#N.[C-]#N.[C-]#N.[C-]#N.[C-]#N.[Co+3].[K+].[K+].[K+].[NH2-]. The Bertz CT molecular complexity index is 85.3. The van der Waals surface area contributed by atoms with E-state index in [-0.39, 0.29) is 177 Å². The van der Waals surface area contributed by atoms with Gasteiger partial charge in [-0.1, -0.05) is 0 Å². The molecule has 0 amide bonds. The zero-order valence-electron chi connectivity index (χ0n) is 8.65. The summed E-state index contributed by atoms with van der Waals surface area (Å²) in [5.74, 6) is 0. The van der Waals surface area contributed by atoms with Crippen molar-refractivity contribution in [1.29, 1.82) is 26.3 Å². The standard InChI is InChI=1S/5CN.Co.3K.H2N/c5*1-2;;;;;/h;;;;;;;;;1H2/q5*-1;+3;3*+1;-1. The third kappa shape index (κ3) is 463. The molecule has 0 aromatic rings. The van der Waals surface area contributed by atoms with Crippen molar-refractivity contribution in [1.82, 2.24) is 0 Å². The van der Waals surface area contributed by atoms with E-state index in [1.807, 2.05) is 0 Å². The van der Waals surface area contributed by atoms with Crippen LogP contribution in [0.4, 0.5) is 0 Å². The fourth-order valence-electron chi connectivity index (χ4n) is 0. The van der Waals surface area contributed by atoms with Crippen LogP contribution in [0.25, 0.3) is 6.15 Å². The van der Waals surface area contributed by atoms with Crippen LogP contribution in [-0.2, 0) is 16.8 Å². The molecule has 0 radical (unpaired) electrons. The largest absolute Gasteiger partial charge is 3.00 e. The second kappa shape index (κ2) is 528. The van der Waals surface area contributed by atoms with Gasteiger partial charge < -0.3 is 65.3 Å². The van der Waals surface area contributed by atoms with Crippen LogP contribution >= 0.6 is 0 Å². The summed E-state index contributed by atoms with van der Waals surface area (Å²) in [7, 11) is 0. The second-order valence-electron chi connectivity index (χ2n) is 0. The molecule has 0 atom stereocenters. The summed E-state index contributed by atoms with van der Waals surface area (Å²) in [6.45, 7) is 23.8. The molecule has 0 aliphatic carbocycles. The molecule has 0 unspecified atom stereocenters. The maximum atomic E-state index is 6.25. The molecule has 0 rings (SSSR count). The number of nitrogens with zero attached hydrogens (tertiary/aromatic N) is 5. The van der Waals surface area contributed by atoms with Gasteiger partial charge in [0.05, 0.1) is 0 Å². The Morgan fingerprint density at radius 2 is 0.400 bits per heavy atom. The van der Waals surface area contributed by atoms with Gasteiger partial charge >= 0.3 is 171 Å². The molecule has 0 heterocycles. The first-order valence-electron chi connectivity index (χ1n) is 1.12. The van der Waals surface area contributed by atoms with Crippen LogP contribution in [0.1, 0.15) is 0 Å². The quantitative estimate of drug-likeness (QED) is 0.320. The molecule has 15 heavy (non-hydrogen) atoms. The van der Waals surface area contributed by atoms with E-state index >= 15 is 0 Å². The number of rotatable bonds is 0. The minimum atomic E-state index is 0. The van der Waals surface area contributed by atoms with Crippen LogP contribution in [0.5, 0.6) is 0 Å². The molecule has 64 valence electrons. The van der Waals surface area contributed by atoms with E-state index in [1.54, 1.807) is 0 Å². The first-order chi connectivity index (χ1) is 5.00. The molecule has 0 fully saturated rings. The van der Waals surface area contributed by atoms with E-state index in [0.717, 1.165) is 0 Å². The normalized spacial score (nSPS) is 0.667. The molecule has 0 saturated heterocycles. The number of hydrogen-bond donors (Lipinski definition) is 0. The van der Waals surface area contributed by atoms with Gasteiger partial charge in [0, 0.05) is 0 Å². The summed E-state index contributed by atoms with van der Waals surface area (Å²) >= 11 is 0. The fourth-order valence-corrected chi connectivity index (χ4v) is 0. The summed E-state index contributed by atoms with van der Waals surface area (Å²) in [4.78, 5) is 0. The Hall–Kier alpha value is 2.83. The molecule has 0 aromatic carbocycles. The average molecular weight is 322 g/mol. The van der Waals surface area contributed by atoms with Crippen molar-refractivity contribution in [2.45, 2.75) is 0 Å². The van der Waals surface area contributed by atoms with Crippen molar-refractivity contribution >= 4 is 0 Å². The monoisotopic (exact) mass is 322 g/mol. The summed E-state index contributed by atoms with van der Waals surface area (Å²) in [5, 5.41) is 31.2. The van der Waals surface area contributed by atoms with Crippen molar-refractivity contribution in [2.24, 2.45) is 0 Å². The third-order valence-corrected chi connectivity index (χ3v) is 0. The Balaban J connectivity index is -0.00000000240. The summed E-state index contributed by atoms with van der Waals surface area (Å²) < 4.78 is 0. The molecule has 0 aromatic heterocycles. The Morgan fingerprint density at radius 3 is 0.400 bits per heavy atom. The van der Waals surface area contributed by atoms with Gasteiger partial charge in [-0.2, -0.15) is 0 Å². The van der Waals surface area contributed by atoms with Crippen molar-refractivity contribution in [3.8, 4) is 0 Å². The third-order valence-electron chi connectivity index (χ3n) is 0. The average Bonchev–Trinajstić information content (AvgIpc) is 2.20. The molecule has 0 aliphatic rings. The maximum absolute atomic E-state index is 6.25. The zero-order chi connectivity index (χ0) is 10.0. The molecule has 0 spiro atoms. The Kier molecular flexibility index (Phi) is 2900. The predicted molar refractivity (Wildman–Crippen MR) is 30.1 cm³/mol. The van der Waals surface area contributed by atoms with Crippen LogP contribution in [0.2, 0.25) is 0 Å². The topological polar surface area (TPSA) is 152 Å². The van der Waals surface area contributed by atoms with Gasteiger partial charge in [0.2, 0.25) is 0 Å². The van der Waals surface area contributed by atoms with Gasteiger partial charge in [-0.15, -0.1) is 0 Å². The van der Waals surface area contributed by atoms with Crippen molar-refractivity contribution in [2.75, 3.05) is 0 Å². The van der Waals surface area contributed by atoms with Crippen LogP contribution in [0.15, 0.2) is 0 Å². The van der Waals surface area contributed by atoms with Crippen LogP contribution < -0.4 is 154 Å². The van der Waals surface area contributed by atoms with Crippen LogP contribution in [0.3, 0.4) is 0 Å². The molecular weight excluding hydrogens is 320 g/mol. The van der Waals surface area contributed by atoms with Gasteiger partial charge in [0.1, 0.15) is 0 Å². The number of nitrogens with two attached hydrogens (primary N) is 1. The predicted octanol–water partition coefficient (Wildman–Crippen LogP) is -7.79. The van der Waals surface area contributed by atoms with Gasteiger partial charge in [-0.3, -0.25) is 0 Å². The summed E-state index contributed by atoms with van der Waals surface area (Å²) in [5.41, 5.74) is 0. The number of hydrogen-bond acceptors (Lipinski definition) is 5. The van der Waals surface area contributed by atoms with Gasteiger partial charge in [-0.25, -0.2) is 0 Å². The smallest absolute Gasteiger partial charge is 0.693 e.